The Labute approximate surface area is 139 Å². The van der Waals surface area contributed by atoms with E-state index >= 15 is 0 Å². The van der Waals surface area contributed by atoms with Gasteiger partial charge in [0.05, 0.1) is 22.2 Å². The quantitative estimate of drug-likeness (QED) is 0.629. The predicted molar refractivity (Wildman–Crippen MR) is 94.8 cm³/mol. The average molecular weight is 316 g/mol. The number of carbonyl (C=O) groups is 1. The van der Waals surface area contributed by atoms with Gasteiger partial charge in [-0.25, -0.2) is 4.98 Å². The maximum absolute atomic E-state index is 12.5. The van der Waals surface area contributed by atoms with Crippen LogP contribution in [0.4, 0.5) is 5.69 Å². The molecule has 0 aliphatic carbocycles. The van der Waals surface area contributed by atoms with Gasteiger partial charge in [-0.2, -0.15) is 0 Å². The number of anilines is 1. The highest BCUT2D eigenvalue weighted by Gasteiger charge is 2.12. The second-order valence-corrected chi connectivity index (χ2v) is 5.66. The number of aryl methyl sites for hydroxylation is 1. The molecular weight excluding hydrogens is 300 g/mol. The van der Waals surface area contributed by atoms with E-state index in [1.54, 1.807) is 6.20 Å². The fraction of sp³-hybridized carbons (Fsp3) is 0.105. The number of benzene rings is 2. The molecule has 5 heteroatoms. The van der Waals surface area contributed by atoms with Crippen molar-refractivity contribution in [1.82, 2.24) is 14.5 Å². The van der Waals surface area contributed by atoms with E-state index in [4.69, 9.17) is 0 Å². The van der Waals surface area contributed by atoms with Crippen LogP contribution in [0.5, 0.6) is 0 Å². The molecule has 0 bridgehead atoms. The molecule has 5 nitrogen and oxygen atoms in total. The molecule has 0 spiro atoms. The summed E-state index contributed by atoms with van der Waals surface area (Å²) in [5.74, 6) is 0.724. The summed E-state index contributed by atoms with van der Waals surface area (Å²) in [5.41, 5.74) is 3.37. The number of nitrogens with zero attached hydrogens (tertiary/aromatic N) is 3. The van der Waals surface area contributed by atoms with E-state index in [9.17, 15) is 4.79 Å². The van der Waals surface area contributed by atoms with Gasteiger partial charge >= 0.3 is 0 Å². The number of amides is 1. The molecular formula is C19H16N4O. The van der Waals surface area contributed by atoms with Crippen molar-refractivity contribution in [2.24, 2.45) is 0 Å². The number of nitrogens with one attached hydrogen (secondary N) is 1. The molecule has 2 aromatic carbocycles. The van der Waals surface area contributed by atoms with Gasteiger partial charge in [-0.15, -0.1) is 0 Å². The lowest BCUT2D eigenvalue weighted by molar-refractivity contribution is -0.116. The fourth-order valence-electron chi connectivity index (χ4n) is 2.93. The van der Waals surface area contributed by atoms with E-state index < -0.39 is 0 Å². The van der Waals surface area contributed by atoms with Crippen molar-refractivity contribution in [1.29, 1.82) is 0 Å². The number of para-hydroxylation sites is 3. The van der Waals surface area contributed by atoms with Crippen LogP contribution in [0.15, 0.2) is 60.8 Å². The molecule has 1 N–H and O–H groups in total. The number of aromatic nitrogens is 3. The Morgan fingerprint density at radius 1 is 1.08 bits per heavy atom. The first-order chi connectivity index (χ1) is 11.7. The van der Waals surface area contributed by atoms with Crippen LogP contribution in [0.25, 0.3) is 21.9 Å². The molecule has 0 radical (unpaired) electrons. The normalized spacial score (nSPS) is 11.0. The monoisotopic (exact) mass is 316 g/mol. The molecule has 0 fully saturated rings. The standard InChI is InChI=1S/C19H16N4O/c1-13-21-15-8-2-3-10-17(15)23(13)12-18(24)22-16-9-4-6-14-7-5-11-20-19(14)16/h2-11H,12H2,1H3,(H,22,24). The number of pyridine rings is 1. The maximum atomic E-state index is 12.5. The first-order valence-corrected chi connectivity index (χ1v) is 7.78. The van der Waals surface area contributed by atoms with Gasteiger partial charge in [-0.05, 0) is 31.2 Å². The highest BCUT2D eigenvalue weighted by atomic mass is 16.1. The number of carbonyl (C=O) groups excluding carboxylic acids is 1. The van der Waals surface area contributed by atoms with Gasteiger partial charge in [-0.1, -0.05) is 30.3 Å². The van der Waals surface area contributed by atoms with Crippen molar-refractivity contribution in [3.05, 3.63) is 66.6 Å². The molecule has 2 aromatic heterocycles. The molecule has 24 heavy (non-hydrogen) atoms. The molecule has 0 saturated heterocycles. The van der Waals surface area contributed by atoms with E-state index in [0.29, 0.717) is 0 Å². The Hall–Kier alpha value is -3.21. The highest BCUT2D eigenvalue weighted by molar-refractivity contribution is 6.00. The second-order valence-electron chi connectivity index (χ2n) is 5.66. The van der Waals surface area contributed by atoms with E-state index in [2.05, 4.69) is 15.3 Å². The topological polar surface area (TPSA) is 59.8 Å². The van der Waals surface area contributed by atoms with Gasteiger partial charge in [-0.3, -0.25) is 9.78 Å². The second kappa shape index (κ2) is 5.77. The van der Waals surface area contributed by atoms with Gasteiger partial charge in [0.15, 0.2) is 0 Å². The summed E-state index contributed by atoms with van der Waals surface area (Å²) in [6.45, 7) is 2.13. The SMILES string of the molecule is Cc1nc2ccccc2n1CC(=O)Nc1cccc2cccnc12. The Balaban J connectivity index is 1.63. The van der Waals surface area contributed by atoms with Crippen LogP contribution < -0.4 is 5.32 Å². The van der Waals surface area contributed by atoms with E-state index in [1.165, 1.54) is 0 Å². The zero-order valence-corrected chi connectivity index (χ0v) is 13.2. The summed E-state index contributed by atoms with van der Waals surface area (Å²) < 4.78 is 1.92. The van der Waals surface area contributed by atoms with E-state index in [-0.39, 0.29) is 12.5 Å². The Morgan fingerprint density at radius 3 is 2.83 bits per heavy atom. The summed E-state index contributed by atoms with van der Waals surface area (Å²) >= 11 is 0. The molecule has 0 unspecified atom stereocenters. The largest absolute Gasteiger partial charge is 0.323 e. The van der Waals surface area contributed by atoms with Crippen molar-refractivity contribution in [3.63, 3.8) is 0 Å². The number of hydrogen-bond donors (Lipinski definition) is 1. The van der Waals surface area contributed by atoms with Crippen LogP contribution in [-0.2, 0) is 11.3 Å². The van der Waals surface area contributed by atoms with Crippen LogP contribution in [-0.4, -0.2) is 20.4 Å². The van der Waals surface area contributed by atoms with E-state index in [0.717, 1.165) is 33.4 Å². The Morgan fingerprint density at radius 2 is 1.92 bits per heavy atom. The van der Waals surface area contributed by atoms with Crippen LogP contribution in [0, 0.1) is 6.92 Å². The molecule has 4 aromatic rings. The lowest BCUT2D eigenvalue weighted by Gasteiger charge is -2.10. The number of imidazole rings is 1. The molecule has 4 rings (SSSR count). The molecule has 0 saturated carbocycles. The molecule has 118 valence electrons. The zero-order chi connectivity index (χ0) is 16.5. The fourth-order valence-corrected chi connectivity index (χ4v) is 2.93. The lowest BCUT2D eigenvalue weighted by Crippen LogP contribution is -2.19. The summed E-state index contributed by atoms with van der Waals surface area (Å²) in [5, 5.41) is 3.96. The Kier molecular flexibility index (Phi) is 3.46. The average Bonchev–Trinajstić information content (AvgIpc) is 2.91. The van der Waals surface area contributed by atoms with Crippen molar-refractivity contribution >= 4 is 33.5 Å². The minimum absolute atomic E-state index is 0.0978. The first-order valence-electron chi connectivity index (χ1n) is 7.78. The van der Waals surface area contributed by atoms with Crippen LogP contribution in [0.1, 0.15) is 5.82 Å². The van der Waals surface area contributed by atoms with Gasteiger partial charge in [0.25, 0.3) is 0 Å². The van der Waals surface area contributed by atoms with Crippen molar-refractivity contribution < 1.29 is 4.79 Å². The summed E-state index contributed by atoms with van der Waals surface area (Å²) in [6.07, 6.45) is 1.73. The Bertz CT molecular complexity index is 1050. The third-order valence-electron chi connectivity index (χ3n) is 4.05. The van der Waals surface area contributed by atoms with Crippen molar-refractivity contribution in [2.45, 2.75) is 13.5 Å². The molecule has 0 atom stereocenters. The third-order valence-corrected chi connectivity index (χ3v) is 4.05. The minimum atomic E-state index is -0.0978. The van der Waals surface area contributed by atoms with Gasteiger partial charge in [0, 0.05) is 11.6 Å². The van der Waals surface area contributed by atoms with Gasteiger partial charge < -0.3 is 9.88 Å². The molecule has 2 heterocycles. The summed E-state index contributed by atoms with van der Waals surface area (Å²) in [7, 11) is 0. The third kappa shape index (κ3) is 2.50. The predicted octanol–water partition coefficient (Wildman–Crippen LogP) is 3.53. The van der Waals surface area contributed by atoms with E-state index in [1.807, 2.05) is 66.1 Å². The minimum Gasteiger partial charge on any atom is -0.323 e. The number of hydrogen-bond acceptors (Lipinski definition) is 3. The maximum Gasteiger partial charge on any atom is 0.244 e. The van der Waals surface area contributed by atoms with Gasteiger partial charge in [0.1, 0.15) is 12.4 Å². The van der Waals surface area contributed by atoms with Crippen molar-refractivity contribution in [3.8, 4) is 0 Å². The number of fused-ring (bicyclic) bond motifs is 2. The highest BCUT2D eigenvalue weighted by Crippen LogP contribution is 2.21. The molecule has 0 aliphatic heterocycles. The summed E-state index contributed by atoms with van der Waals surface area (Å²) in [6, 6.07) is 17.4. The van der Waals surface area contributed by atoms with Crippen LogP contribution in [0.2, 0.25) is 0 Å². The molecule has 1 amide bonds. The smallest absolute Gasteiger partial charge is 0.244 e. The number of rotatable bonds is 3. The summed E-state index contributed by atoms with van der Waals surface area (Å²) in [4.78, 5) is 21.4. The van der Waals surface area contributed by atoms with Gasteiger partial charge in [0.2, 0.25) is 5.91 Å². The zero-order valence-electron chi connectivity index (χ0n) is 13.2. The van der Waals surface area contributed by atoms with Crippen LogP contribution in [0.3, 0.4) is 0 Å². The first kappa shape index (κ1) is 14.4. The van der Waals surface area contributed by atoms with Crippen LogP contribution >= 0.6 is 0 Å². The van der Waals surface area contributed by atoms with Crippen molar-refractivity contribution in [2.75, 3.05) is 5.32 Å². The lowest BCUT2D eigenvalue weighted by atomic mass is 10.2. The molecule has 0 aliphatic rings.